The Morgan fingerprint density at radius 2 is 2.32 bits per heavy atom. The summed E-state index contributed by atoms with van der Waals surface area (Å²) < 4.78 is 5.25. The number of hydrogen-bond acceptors (Lipinski definition) is 5. The lowest BCUT2D eigenvalue weighted by Crippen LogP contribution is -2.09. The molecule has 0 unspecified atom stereocenters. The summed E-state index contributed by atoms with van der Waals surface area (Å²) in [6.45, 7) is 1.95. The molecule has 1 atom stereocenters. The van der Waals surface area contributed by atoms with Gasteiger partial charge in [0.25, 0.3) is 0 Å². The number of oxazole rings is 1. The van der Waals surface area contributed by atoms with Crippen LogP contribution in [0.15, 0.2) is 29.1 Å². The van der Waals surface area contributed by atoms with Crippen LogP contribution < -0.4 is 5.32 Å². The summed E-state index contributed by atoms with van der Waals surface area (Å²) in [6, 6.07) is 5.86. The van der Waals surface area contributed by atoms with Crippen molar-refractivity contribution >= 4 is 5.82 Å². The summed E-state index contributed by atoms with van der Waals surface area (Å²) in [6.07, 6.45) is 5.44. The molecule has 96 valence electrons. The average Bonchev–Trinajstić information content (AvgIpc) is 3.13. The highest BCUT2D eigenvalue weighted by Crippen LogP contribution is 2.39. The molecule has 0 amide bonds. The van der Waals surface area contributed by atoms with Gasteiger partial charge in [-0.15, -0.1) is 0 Å². The number of nitriles is 1. The van der Waals surface area contributed by atoms with Crippen molar-refractivity contribution in [2.24, 2.45) is 0 Å². The van der Waals surface area contributed by atoms with Crippen molar-refractivity contribution in [1.82, 2.24) is 9.97 Å². The summed E-state index contributed by atoms with van der Waals surface area (Å²) in [5.74, 6) is 1.91. The third kappa shape index (κ3) is 2.43. The van der Waals surface area contributed by atoms with Crippen LogP contribution in [0.3, 0.4) is 0 Å². The van der Waals surface area contributed by atoms with Crippen LogP contribution in [0.25, 0.3) is 0 Å². The zero-order valence-electron chi connectivity index (χ0n) is 10.6. The van der Waals surface area contributed by atoms with Gasteiger partial charge in [0.1, 0.15) is 17.6 Å². The number of anilines is 1. The van der Waals surface area contributed by atoms with Gasteiger partial charge in [-0.2, -0.15) is 5.26 Å². The molecule has 1 aliphatic rings. The highest BCUT2D eigenvalue weighted by atomic mass is 16.3. The van der Waals surface area contributed by atoms with E-state index in [1.807, 2.05) is 19.1 Å². The maximum Gasteiger partial charge on any atom is 0.180 e. The van der Waals surface area contributed by atoms with E-state index >= 15 is 0 Å². The van der Waals surface area contributed by atoms with E-state index in [-0.39, 0.29) is 6.04 Å². The molecular weight excluding hydrogens is 240 g/mol. The zero-order valence-corrected chi connectivity index (χ0v) is 10.6. The van der Waals surface area contributed by atoms with Gasteiger partial charge >= 0.3 is 0 Å². The molecule has 0 radical (unpaired) electrons. The molecule has 0 bridgehead atoms. The first-order chi connectivity index (χ1) is 9.28. The number of nitrogens with zero attached hydrogens (tertiary/aromatic N) is 3. The van der Waals surface area contributed by atoms with E-state index < -0.39 is 0 Å². The fourth-order valence-electron chi connectivity index (χ4n) is 2.00. The molecule has 1 aliphatic carbocycles. The van der Waals surface area contributed by atoms with Crippen molar-refractivity contribution in [3.05, 3.63) is 41.7 Å². The molecule has 0 aliphatic heterocycles. The van der Waals surface area contributed by atoms with E-state index in [9.17, 15) is 0 Å². The van der Waals surface area contributed by atoms with Crippen LogP contribution in [0.4, 0.5) is 5.82 Å². The Balaban J connectivity index is 1.86. The SMILES string of the molecule is C[C@@H](Nc1nc(C2CC2)ccc1C#N)c1cnco1. The summed E-state index contributed by atoms with van der Waals surface area (Å²) in [4.78, 5) is 8.45. The van der Waals surface area contributed by atoms with Crippen LogP contribution in [-0.2, 0) is 0 Å². The molecule has 0 spiro atoms. The molecule has 1 fully saturated rings. The van der Waals surface area contributed by atoms with Crippen molar-refractivity contribution in [2.45, 2.75) is 31.7 Å². The van der Waals surface area contributed by atoms with Crippen LogP contribution in [0.1, 0.15) is 48.7 Å². The lowest BCUT2D eigenvalue weighted by molar-refractivity contribution is 0.485. The Morgan fingerprint density at radius 3 is 2.95 bits per heavy atom. The number of hydrogen-bond donors (Lipinski definition) is 1. The van der Waals surface area contributed by atoms with Crippen molar-refractivity contribution in [3.63, 3.8) is 0 Å². The van der Waals surface area contributed by atoms with Gasteiger partial charge < -0.3 is 9.73 Å². The Morgan fingerprint density at radius 1 is 1.47 bits per heavy atom. The number of aromatic nitrogens is 2. The smallest absolute Gasteiger partial charge is 0.180 e. The van der Waals surface area contributed by atoms with Gasteiger partial charge in [-0.3, -0.25) is 0 Å². The van der Waals surface area contributed by atoms with Crippen LogP contribution in [-0.4, -0.2) is 9.97 Å². The van der Waals surface area contributed by atoms with Crippen LogP contribution in [0.5, 0.6) is 0 Å². The lowest BCUT2D eigenvalue weighted by atomic mass is 10.2. The maximum absolute atomic E-state index is 9.14. The highest BCUT2D eigenvalue weighted by Gasteiger charge is 2.26. The third-order valence-electron chi connectivity index (χ3n) is 3.26. The molecule has 3 rings (SSSR count). The van der Waals surface area contributed by atoms with Crippen molar-refractivity contribution < 1.29 is 4.42 Å². The number of nitrogens with one attached hydrogen (secondary N) is 1. The lowest BCUT2D eigenvalue weighted by Gasteiger charge is -2.13. The van der Waals surface area contributed by atoms with Gasteiger partial charge in [-0.05, 0) is 31.9 Å². The van der Waals surface area contributed by atoms with E-state index in [4.69, 9.17) is 9.68 Å². The second-order valence-electron chi connectivity index (χ2n) is 4.79. The van der Waals surface area contributed by atoms with Gasteiger partial charge in [0.05, 0.1) is 17.8 Å². The minimum Gasteiger partial charge on any atom is -0.446 e. The third-order valence-corrected chi connectivity index (χ3v) is 3.26. The topological polar surface area (TPSA) is 74.7 Å². The van der Waals surface area contributed by atoms with Crippen molar-refractivity contribution in [3.8, 4) is 6.07 Å². The van der Waals surface area contributed by atoms with Crippen molar-refractivity contribution in [2.75, 3.05) is 5.32 Å². The molecule has 2 aromatic heterocycles. The minimum atomic E-state index is -0.0726. The number of rotatable bonds is 4. The monoisotopic (exact) mass is 254 g/mol. The predicted octanol–water partition coefficient (Wildman–Crippen LogP) is 2.99. The van der Waals surface area contributed by atoms with Gasteiger partial charge in [-0.1, -0.05) is 0 Å². The first-order valence-electron chi connectivity index (χ1n) is 6.34. The van der Waals surface area contributed by atoms with E-state index in [2.05, 4.69) is 21.4 Å². The van der Waals surface area contributed by atoms with Gasteiger partial charge in [0, 0.05) is 11.6 Å². The van der Waals surface area contributed by atoms with Crippen LogP contribution in [0, 0.1) is 11.3 Å². The minimum absolute atomic E-state index is 0.0726. The molecule has 0 saturated heterocycles. The summed E-state index contributed by atoms with van der Waals surface area (Å²) in [5, 5.41) is 12.4. The predicted molar refractivity (Wildman–Crippen MR) is 69.5 cm³/mol. The van der Waals surface area contributed by atoms with Gasteiger partial charge in [0.2, 0.25) is 0 Å². The molecule has 2 heterocycles. The standard InChI is InChI=1S/C14H14N4O/c1-9(13-7-16-8-19-13)17-14-11(6-15)4-5-12(18-14)10-2-3-10/h4-5,7-10H,2-3H2,1H3,(H,17,18)/t9-/m1/s1. The highest BCUT2D eigenvalue weighted by molar-refractivity contribution is 5.53. The van der Waals surface area contributed by atoms with Crippen LogP contribution >= 0.6 is 0 Å². The summed E-state index contributed by atoms with van der Waals surface area (Å²) in [7, 11) is 0. The van der Waals surface area contributed by atoms with Gasteiger partial charge in [-0.25, -0.2) is 9.97 Å². The van der Waals surface area contributed by atoms with Crippen molar-refractivity contribution in [1.29, 1.82) is 5.26 Å². The Hall–Kier alpha value is -2.35. The zero-order chi connectivity index (χ0) is 13.2. The van der Waals surface area contributed by atoms with E-state index in [0.29, 0.717) is 17.3 Å². The normalized spacial score (nSPS) is 15.8. The maximum atomic E-state index is 9.14. The second-order valence-corrected chi connectivity index (χ2v) is 4.79. The summed E-state index contributed by atoms with van der Waals surface area (Å²) in [5.41, 5.74) is 1.61. The largest absolute Gasteiger partial charge is 0.446 e. The molecule has 1 N–H and O–H groups in total. The van der Waals surface area contributed by atoms with Crippen LogP contribution in [0.2, 0.25) is 0 Å². The average molecular weight is 254 g/mol. The molecule has 1 saturated carbocycles. The van der Waals surface area contributed by atoms with E-state index in [0.717, 1.165) is 11.5 Å². The molecular formula is C14H14N4O. The first kappa shape index (κ1) is 11.7. The second kappa shape index (κ2) is 4.73. The fourth-order valence-corrected chi connectivity index (χ4v) is 2.00. The molecule has 5 nitrogen and oxygen atoms in total. The number of pyridine rings is 1. The fraction of sp³-hybridized carbons (Fsp3) is 0.357. The summed E-state index contributed by atoms with van der Waals surface area (Å²) >= 11 is 0. The molecule has 5 heteroatoms. The quantitative estimate of drug-likeness (QED) is 0.907. The first-order valence-corrected chi connectivity index (χ1v) is 6.34. The Labute approximate surface area is 111 Å². The Bertz CT molecular complexity index is 611. The Kier molecular flexibility index (Phi) is 2.92. The van der Waals surface area contributed by atoms with E-state index in [1.54, 1.807) is 6.20 Å². The molecule has 19 heavy (non-hydrogen) atoms. The van der Waals surface area contributed by atoms with Gasteiger partial charge in [0.15, 0.2) is 6.39 Å². The molecule has 2 aromatic rings. The molecule has 0 aromatic carbocycles. The van der Waals surface area contributed by atoms with E-state index in [1.165, 1.54) is 19.2 Å².